The maximum atomic E-state index is 13.2. The Bertz CT molecular complexity index is 1220. The number of hydrogen-bond acceptors (Lipinski definition) is 6. The van der Waals surface area contributed by atoms with Gasteiger partial charge in [0.05, 0.1) is 19.1 Å². The molecule has 2 aliphatic rings. The smallest absolute Gasteiger partial charge is 0.338 e. The van der Waals surface area contributed by atoms with Crippen molar-refractivity contribution in [1.82, 2.24) is 28.9 Å². The third-order valence-corrected chi connectivity index (χ3v) is 7.01. The molecule has 2 fully saturated rings. The van der Waals surface area contributed by atoms with Crippen molar-refractivity contribution in [2.24, 2.45) is 0 Å². The molecule has 2 bridgehead atoms. The Hall–Kier alpha value is -3.14. The number of aromatic nitrogens is 4. The number of amides is 1. The number of fused-ring (bicyclic) bond motifs is 3. The molecule has 3 aromatic rings. The first kappa shape index (κ1) is 20.7. The second kappa shape index (κ2) is 8.09. The number of H-pyrrole nitrogens is 1. The van der Waals surface area contributed by atoms with Crippen LogP contribution in [-0.4, -0.2) is 60.1 Å². The van der Waals surface area contributed by atoms with Gasteiger partial charge in [0.2, 0.25) is 0 Å². The highest BCUT2D eigenvalue weighted by atomic mass is 16.3. The first-order chi connectivity index (χ1) is 15.5. The molecular formula is C22H28N6O4. The van der Waals surface area contributed by atoms with Gasteiger partial charge in [-0.05, 0) is 51.7 Å². The second-order valence-electron chi connectivity index (χ2n) is 8.64. The van der Waals surface area contributed by atoms with E-state index in [-0.39, 0.29) is 11.6 Å². The van der Waals surface area contributed by atoms with Crippen molar-refractivity contribution >= 4 is 17.2 Å². The molecule has 2 aliphatic heterocycles. The van der Waals surface area contributed by atoms with E-state index in [1.165, 1.54) is 0 Å². The van der Waals surface area contributed by atoms with Crippen LogP contribution in [0.4, 0.5) is 4.79 Å². The third kappa shape index (κ3) is 3.29. The SMILES string of the molecule is CCN(CC)C(=O)n1c(=O)[nH]c(=O)c2ncn(C3CC4CCC(C3)N4Cc3ccco3)c21. The van der Waals surface area contributed by atoms with Gasteiger partial charge in [0.25, 0.3) is 5.56 Å². The minimum absolute atomic E-state index is 0.0577. The van der Waals surface area contributed by atoms with Crippen LogP contribution >= 0.6 is 0 Å². The van der Waals surface area contributed by atoms with Crippen molar-refractivity contribution in [3.63, 3.8) is 0 Å². The van der Waals surface area contributed by atoms with Crippen LogP contribution < -0.4 is 11.2 Å². The van der Waals surface area contributed by atoms with Crippen molar-refractivity contribution in [2.45, 2.75) is 64.2 Å². The molecule has 1 amide bonds. The van der Waals surface area contributed by atoms with Gasteiger partial charge in [-0.15, -0.1) is 0 Å². The molecule has 0 aliphatic carbocycles. The van der Waals surface area contributed by atoms with Crippen molar-refractivity contribution in [2.75, 3.05) is 13.1 Å². The van der Waals surface area contributed by atoms with Gasteiger partial charge in [-0.25, -0.2) is 14.6 Å². The summed E-state index contributed by atoms with van der Waals surface area (Å²) in [6, 6.07) is 4.27. The third-order valence-electron chi connectivity index (χ3n) is 7.01. The molecule has 10 heteroatoms. The summed E-state index contributed by atoms with van der Waals surface area (Å²) in [4.78, 5) is 49.0. The normalized spacial score (nSPS) is 23.1. The minimum atomic E-state index is -0.723. The van der Waals surface area contributed by atoms with Gasteiger partial charge >= 0.3 is 11.7 Å². The molecule has 0 saturated carbocycles. The van der Waals surface area contributed by atoms with Crippen LogP contribution in [0.25, 0.3) is 11.2 Å². The van der Waals surface area contributed by atoms with Crippen LogP contribution in [0.2, 0.25) is 0 Å². The van der Waals surface area contributed by atoms with E-state index in [1.807, 2.05) is 30.5 Å². The van der Waals surface area contributed by atoms with Gasteiger partial charge < -0.3 is 13.9 Å². The van der Waals surface area contributed by atoms with E-state index in [2.05, 4.69) is 14.9 Å². The maximum Gasteiger partial charge on any atom is 0.338 e. The molecule has 3 aromatic heterocycles. The lowest BCUT2D eigenvalue weighted by molar-refractivity contribution is 0.0927. The zero-order valence-electron chi connectivity index (χ0n) is 18.4. The van der Waals surface area contributed by atoms with Crippen LogP contribution in [0, 0.1) is 0 Å². The van der Waals surface area contributed by atoms with Crippen molar-refractivity contribution in [3.8, 4) is 0 Å². The quantitative estimate of drug-likeness (QED) is 0.651. The standard InChI is InChI=1S/C22H28N6O4/c1-3-25(4-2)22(31)28-20-18(19(29)24-21(28)30)23-13-27(20)16-10-14-7-8-15(11-16)26(14)12-17-6-5-9-32-17/h5-6,9,13-16H,3-4,7-8,10-12H2,1-2H3,(H,24,29,30). The molecule has 5 rings (SSSR count). The summed E-state index contributed by atoms with van der Waals surface area (Å²) in [6.45, 7) is 5.43. The van der Waals surface area contributed by atoms with E-state index in [9.17, 15) is 14.4 Å². The molecule has 0 radical (unpaired) electrons. The van der Waals surface area contributed by atoms with Crippen LogP contribution in [-0.2, 0) is 6.54 Å². The summed E-state index contributed by atoms with van der Waals surface area (Å²) in [5.41, 5.74) is -0.875. The van der Waals surface area contributed by atoms with Gasteiger partial charge in [0.1, 0.15) is 5.76 Å². The summed E-state index contributed by atoms with van der Waals surface area (Å²) in [7, 11) is 0. The second-order valence-corrected chi connectivity index (χ2v) is 8.64. The van der Waals surface area contributed by atoms with Crippen LogP contribution in [0.1, 0.15) is 51.3 Å². The Morgan fingerprint density at radius 2 is 1.91 bits per heavy atom. The fraction of sp³-hybridized carbons (Fsp3) is 0.545. The first-order valence-corrected chi connectivity index (χ1v) is 11.3. The van der Waals surface area contributed by atoms with Gasteiger partial charge in [-0.1, -0.05) is 0 Å². The molecular weight excluding hydrogens is 412 g/mol. The van der Waals surface area contributed by atoms with E-state index >= 15 is 0 Å². The molecule has 170 valence electrons. The van der Waals surface area contributed by atoms with Crippen molar-refractivity contribution in [3.05, 3.63) is 51.3 Å². The van der Waals surface area contributed by atoms with Crippen LogP contribution in [0.15, 0.2) is 38.7 Å². The van der Waals surface area contributed by atoms with E-state index in [0.29, 0.717) is 30.8 Å². The average Bonchev–Trinajstić information content (AvgIpc) is 3.49. The zero-order valence-corrected chi connectivity index (χ0v) is 18.4. The van der Waals surface area contributed by atoms with E-state index in [1.54, 1.807) is 17.5 Å². The summed E-state index contributed by atoms with van der Waals surface area (Å²) >= 11 is 0. The van der Waals surface area contributed by atoms with Crippen LogP contribution in [0.5, 0.6) is 0 Å². The molecule has 2 atom stereocenters. The number of carbonyl (C=O) groups excluding carboxylic acids is 1. The number of nitrogens with zero attached hydrogens (tertiary/aromatic N) is 5. The summed E-state index contributed by atoms with van der Waals surface area (Å²) in [6.07, 6.45) is 7.23. The minimum Gasteiger partial charge on any atom is -0.468 e. The number of nitrogens with one attached hydrogen (secondary N) is 1. The highest BCUT2D eigenvalue weighted by molar-refractivity contribution is 5.86. The topological polar surface area (TPSA) is 109 Å². The number of rotatable bonds is 5. The Morgan fingerprint density at radius 1 is 1.19 bits per heavy atom. The predicted octanol–water partition coefficient (Wildman–Crippen LogP) is 2.16. The monoisotopic (exact) mass is 440 g/mol. The van der Waals surface area contributed by atoms with E-state index in [4.69, 9.17) is 4.42 Å². The highest BCUT2D eigenvalue weighted by Crippen LogP contribution is 2.42. The first-order valence-electron chi connectivity index (χ1n) is 11.3. The fourth-order valence-electron chi connectivity index (χ4n) is 5.44. The fourth-order valence-corrected chi connectivity index (χ4v) is 5.44. The molecule has 2 saturated heterocycles. The number of hydrogen-bond donors (Lipinski definition) is 1. The number of carbonyl (C=O) groups is 1. The van der Waals surface area contributed by atoms with Crippen LogP contribution in [0.3, 0.4) is 0 Å². The molecule has 10 nitrogen and oxygen atoms in total. The number of piperidine rings is 1. The van der Waals surface area contributed by atoms with Gasteiger partial charge in [0.15, 0.2) is 11.2 Å². The number of imidazole rings is 1. The highest BCUT2D eigenvalue weighted by Gasteiger charge is 2.42. The number of furan rings is 1. The Kier molecular flexibility index (Phi) is 5.24. The average molecular weight is 441 g/mol. The lowest BCUT2D eigenvalue weighted by Gasteiger charge is -2.39. The predicted molar refractivity (Wildman–Crippen MR) is 118 cm³/mol. The lowest BCUT2D eigenvalue weighted by atomic mass is 9.97. The largest absolute Gasteiger partial charge is 0.468 e. The van der Waals surface area contributed by atoms with Crippen molar-refractivity contribution in [1.29, 1.82) is 0 Å². The Balaban J connectivity index is 1.52. The van der Waals surface area contributed by atoms with Gasteiger partial charge in [0, 0.05) is 31.2 Å². The Morgan fingerprint density at radius 3 is 2.53 bits per heavy atom. The molecule has 32 heavy (non-hydrogen) atoms. The van der Waals surface area contributed by atoms with E-state index < -0.39 is 17.3 Å². The lowest BCUT2D eigenvalue weighted by Crippen LogP contribution is -2.45. The molecule has 5 heterocycles. The zero-order chi connectivity index (χ0) is 22.4. The molecule has 0 spiro atoms. The summed E-state index contributed by atoms with van der Waals surface area (Å²) < 4.78 is 8.51. The molecule has 0 aromatic carbocycles. The van der Waals surface area contributed by atoms with Crippen molar-refractivity contribution < 1.29 is 9.21 Å². The van der Waals surface area contributed by atoms with Gasteiger partial charge in [-0.2, -0.15) is 4.57 Å². The molecule has 1 N–H and O–H groups in total. The van der Waals surface area contributed by atoms with Gasteiger partial charge in [-0.3, -0.25) is 14.7 Å². The number of aromatic amines is 1. The molecule has 2 unspecified atom stereocenters. The Labute approximate surface area is 184 Å². The maximum absolute atomic E-state index is 13.2. The summed E-state index contributed by atoms with van der Waals surface area (Å²) in [5.74, 6) is 0.957. The summed E-state index contributed by atoms with van der Waals surface area (Å²) in [5, 5.41) is 0. The van der Waals surface area contributed by atoms with E-state index in [0.717, 1.165) is 42.6 Å².